The summed E-state index contributed by atoms with van der Waals surface area (Å²) in [6, 6.07) is 13.8. The molecule has 3 aromatic rings. The summed E-state index contributed by atoms with van der Waals surface area (Å²) in [5.41, 5.74) is 3.27. The van der Waals surface area contributed by atoms with Gasteiger partial charge in [0.15, 0.2) is 0 Å². The summed E-state index contributed by atoms with van der Waals surface area (Å²) in [6.07, 6.45) is 0. The van der Waals surface area contributed by atoms with Crippen molar-refractivity contribution in [2.24, 2.45) is 7.05 Å². The molecule has 3 rings (SSSR count). The Balaban J connectivity index is 2.36. The van der Waals surface area contributed by atoms with Crippen LogP contribution in [0.4, 0.5) is 0 Å². The number of aryl methyl sites for hydroxylation is 1. The maximum atomic E-state index is 9.19. The van der Waals surface area contributed by atoms with Crippen LogP contribution in [0.1, 0.15) is 5.56 Å². The van der Waals surface area contributed by atoms with Crippen molar-refractivity contribution < 1.29 is 0 Å². The zero-order valence-electron chi connectivity index (χ0n) is 10.6. The molecule has 20 heavy (non-hydrogen) atoms. The number of aromatic nitrogens is 2. The summed E-state index contributed by atoms with van der Waals surface area (Å²) in [7, 11) is 1.96. The number of rotatable bonds is 1. The average Bonchev–Trinajstić information content (AvgIpc) is 2.79. The molecule has 0 aliphatic carbocycles. The summed E-state index contributed by atoms with van der Waals surface area (Å²) in [5, 5.41) is 9.19. The highest BCUT2D eigenvalue weighted by Crippen LogP contribution is 2.32. The van der Waals surface area contributed by atoms with Gasteiger partial charge in [0, 0.05) is 21.6 Å². The van der Waals surface area contributed by atoms with Gasteiger partial charge in [-0.2, -0.15) is 5.26 Å². The van der Waals surface area contributed by atoms with E-state index in [1.54, 1.807) is 6.07 Å². The summed E-state index contributed by atoms with van der Waals surface area (Å²) in [4.78, 5) is 4.64. The summed E-state index contributed by atoms with van der Waals surface area (Å²) < 4.78 is 3.96. The van der Waals surface area contributed by atoms with Crippen molar-refractivity contribution in [3.63, 3.8) is 0 Å². The third-order valence-corrected chi connectivity index (χ3v) is 4.39. The van der Waals surface area contributed by atoms with Crippen LogP contribution in [-0.2, 0) is 7.05 Å². The van der Waals surface area contributed by atoms with Crippen LogP contribution in [0, 0.1) is 11.3 Å². The minimum absolute atomic E-state index is 0.593. The number of hydrogen-bond donors (Lipinski definition) is 0. The Hall–Kier alpha value is -1.64. The molecule has 98 valence electrons. The first-order valence-corrected chi connectivity index (χ1v) is 7.51. The second-order valence-electron chi connectivity index (χ2n) is 4.40. The predicted octanol–water partition coefficient (Wildman–Crippen LogP) is 4.64. The molecule has 0 unspecified atom stereocenters. The van der Waals surface area contributed by atoms with E-state index < -0.39 is 0 Å². The lowest BCUT2D eigenvalue weighted by molar-refractivity contribution is 0.958. The molecule has 1 aromatic heterocycles. The second-order valence-corrected chi connectivity index (χ2v) is 6.17. The molecule has 0 bridgehead atoms. The molecule has 2 aromatic carbocycles. The molecular weight excluding hydrogens is 382 g/mol. The number of halogens is 2. The Kier molecular flexibility index (Phi) is 3.36. The fraction of sp³-hybridized carbons (Fsp3) is 0.0667. The number of nitrogens with zero attached hydrogens (tertiary/aromatic N) is 3. The molecule has 1 heterocycles. The fourth-order valence-corrected chi connectivity index (χ4v) is 3.00. The Morgan fingerprint density at radius 2 is 2.00 bits per heavy atom. The lowest BCUT2D eigenvalue weighted by atomic mass is 10.2. The minimum Gasteiger partial charge on any atom is -0.327 e. The zero-order valence-corrected chi connectivity index (χ0v) is 13.7. The quantitative estimate of drug-likeness (QED) is 0.607. The fourth-order valence-electron chi connectivity index (χ4n) is 2.21. The van der Waals surface area contributed by atoms with Crippen LogP contribution in [-0.4, -0.2) is 9.55 Å². The Bertz CT molecular complexity index is 859. The molecule has 0 spiro atoms. The molecule has 0 fully saturated rings. The molecule has 0 saturated heterocycles. The Morgan fingerprint density at radius 1 is 1.20 bits per heavy atom. The van der Waals surface area contributed by atoms with E-state index in [4.69, 9.17) is 0 Å². The number of benzene rings is 2. The van der Waals surface area contributed by atoms with Crippen molar-refractivity contribution in [2.45, 2.75) is 0 Å². The number of hydrogen-bond acceptors (Lipinski definition) is 2. The van der Waals surface area contributed by atoms with Gasteiger partial charge in [-0.15, -0.1) is 0 Å². The van der Waals surface area contributed by atoms with Gasteiger partial charge in [-0.3, -0.25) is 0 Å². The van der Waals surface area contributed by atoms with Crippen molar-refractivity contribution in [1.29, 1.82) is 5.26 Å². The van der Waals surface area contributed by atoms with Gasteiger partial charge in [0.2, 0.25) is 0 Å². The van der Waals surface area contributed by atoms with Crippen LogP contribution in [0.25, 0.3) is 22.4 Å². The first-order chi connectivity index (χ1) is 9.61. The van der Waals surface area contributed by atoms with Gasteiger partial charge in [-0.05, 0) is 30.3 Å². The van der Waals surface area contributed by atoms with Gasteiger partial charge in [0.25, 0.3) is 0 Å². The molecule has 0 saturated carbocycles. The van der Waals surface area contributed by atoms with E-state index in [0.717, 1.165) is 31.4 Å². The predicted molar refractivity (Wildman–Crippen MR) is 86.3 cm³/mol. The van der Waals surface area contributed by atoms with E-state index in [1.165, 1.54) is 0 Å². The molecule has 0 aliphatic heterocycles. The van der Waals surface area contributed by atoms with Crippen molar-refractivity contribution in [2.75, 3.05) is 0 Å². The summed E-state index contributed by atoms with van der Waals surface area (Å²) in [5.74, 6) is 0.830. The maximum absolute atomic E-state index is 9.19. The number of nitriles is 1. The molecule has 0 atom stereocenters. The van der Waals surface area contributed by atoms with E-state index in [-0.39, 0.29) is 0 Å². The van der Waals surface area contributed by atoms with Crippen molar-refractivity contribution >= 4 is 42.9 Å². The minimum atomic E-state index is 0.593. The van der Waals surface area contributed by atoms with E-state index in [0.29, 0.717) is 5.56 Å². The molecule has 5 heteroatoms. The lowest BCUT2D eigenvalue weighted by Crippen LogP contribution is -1.93. The third kappa shape index (κ3) is 2.05. The first-order valence-electron chi connectivity index (χ1n) is 5.93. The largest absolute Gasteiger partial charge is 0.327 e. The highest BCUT2D eigenvalue weighted by atomic mass is 79.9. The average molecular weight is 391 g/mol. The normalized spacial score (nSPS) is 10.7. The van der Waals surface area contributed by atoms with Gasteiger partial charge < -0.3 is 4.57 Å². The Morgan fingerprint density at radius 3 is 2.75 bits per heavy atom. The van der Waals surface area contributed by atoms with Crippen LogP contribution in [0.3, 0.4) is 0 Å². The highest BCUT2D eigenvalue weighted by molar-refractivity contribution is 9.11. The maximum Gasteiger partial charge on any atom is 0.142 e. The second kappa shape index (κ2) is 5.04. The van der Waals surface area contributed by atoms with Crippen LogP contribution in [0.15, 0.2) is 45.3 Å². The van der Waals surface area contributed by atoms with E-state index >= 15 is 0 Å². The molecule has 0 aliphatic rings. The zero-order chi connectivity index (χ0) is 14.3. The number of fused-ring (bicyclic) bond motifs is 1. The number of para-hydroxylation sites is 1. The van der Waals surface area contributed by atoms with Crippen LogP contribution < -0.4 is 0 Å². The standard InChI is InChI=1S/C15H9Br2N3/c1-20-13-4-2-3-9(8-18)14(13)19-15(20)11-7-10(16)5-6-12(11)17/h2-7H,1H3. The Labute approximate surface area is 133 Å². The summed E-state index contributed by atoms with van der Waals surface area (Å²) in [6.45, 7) is 0. The molecule has 3 nitrogen and oxygen atoms in total. The van der Waals surface area contributed by atoms with Gasteiger partial charge in [-0.1, -0.05) is 37.9 Å². The van der Waals surface area contributed by atoms with Crippen LogP contribution in [0.5, 0.6) is 0 Å². The van der Waals surface area contributed by atoms with Crippen molar-refractivity contribution in [3.05, 3.63) is 50.9 Å². The van der Waals surface area contributed by atoms with Gasteiger partial charge in [0.1, 0.15) is 17.4 Å². The van der Waals surface area contributed by atoms with Gasteiger partial charge in [0.05, 0.1) is 11.1 Å². The van der Waals surface area contributed by atoms with Crippen molar-refractivity contribution in [1.82, 2.24) is 9.55 Å². The van der Waals surface area contributed by atoms with Crippen LogP contribution in [0.2, 0.25) is 0 Å². The van der Waals surface area contributed by atoms with Crippen LogP contribution >= 0.6 is 31.9 Å². The lowest BCUT2D eigenvalue weighted by Gasteiger charge is -2.05. The highest BCUT2D eigenvalue weighted by Gasteiger charge is 2.14. The molecular formula is C15H9Br2N3. The monoisotopic (exact) mass is 389 g/mol. The first kappa shape index (κ1) is 13.3. The smallest absolute Gasteiger partial charge is 0.142 e. The van der Waals surface area contributed by atoms with Gasteiger partial charge >= 0.3 is 0 Å². The van der Waals surface area contributed by atoms with E-state index in [1.807, 2.05) is 41.9 Å². The summed E-state index contributed by atoms with van der Waals surface area (Å²) >= 11 is 7.03. The number of imidazole rings is 1. The molecule has 0 N–H and O–H groups in total. The SMILES string of the molecule is Cn1c(-c2cc(Br)ccc2Br)nc2c(C#N)cccc21. The topological polar surface area (TPSA) is 41.6 Å². The third-order valence-electron chi connectivity index (χ3n) is 3.20. The molecule has 0 radical (unpaired) electrons. The van der Waals surface area contributed by atoms with E-state index in [9.17, 15) is 5.26 Å². The van der Waals surface area contributed by atoms with Gasteiger partial charge in [-0.25, -0.2) is 4.98 Å². The van der Waals surface area contributed by atoms with Crippen molar-refractivity contribution in [3.8, 4) is 17.5 Å². The van der Waals surface area contributed by atoms with E-state index in [2.05, 4.69) is 42.9 Å². The molecule has 0 amide bonds.